The van der Waals surface area contributed by atoms with Crippen molar-refractivity contribution in [3.8, 4) is 0 Å². The number of imidazole rings is 1. The van der Waals surface area contributed by atoms with Crippen molar-refractivity contribution in [2.24, 2.45) is 7.05 Å². The lowest BCUT2D eigenvalue weighted by atomic mass is 10.1. The highest BCUT2D eigenvalue weighted by atomic mass is 35.5. The fourth-order valence-corrected chi connectivity index (χ4v) is 4.60. The van der Waals surface area contributed by atoms with Crippen molar-refractivity contribution < 1.29 is 4.79 Å². The molecule has 0 fully saturated rings. The van der Waals surface area contributed by atoms with Crippen LogP contribution in [0.2, 0.25) is 5.02 Å². The van der Waals surface area contributed by atoms with Gasteiger partial charge in [0.2, 0.25) is 5.91 Å². The summed E-state index contributed by atoms with van der Waals surface area (Å²) in [4.78, 5) is 21.6. The normalized spacial score (nSPS) is 12.2. The number of fused-ring (bicyclic) bond motifs is 1. The van der Waals surface area contributed by atoms with Crippen molar-refractivity contribution in [1.29, 1.82) is 0 Å². The second-order valence-electron chi connectivity index (χ2n) is 6.16. The Morgan fingerprint density at radius 1 is 1.29 bits per heavy atom. The minimum atomic E-state index is -0.256. The highest BCUT2D eigenvalue weighted by Gasteiger charge is 2.20. The molecule has 1 unspecified atom stereocenters. The minimum absolute atomic E-state index is 0.0702. The molecule has 0 bridgehead atoms. The smallest absolute Gasteiger partial charge is 0.231 e. The van der Waals surface area contributed by atoms with Gasteiger partial charge in [0.1, 0.15) is 11.0 Å². The molecule has 5 nitrogen and oxygen atoms in total. The number of nitrogens with one attached hydrogen (secondary N) is 1. The Balaban J connectivity index is 1.48. The number of hydrogen-bond acceptors (Lipinski definition) is 5. The molecule has 0 aliphatic heterocycles. The van der Waals surface area contributed by atoms with Gasteiger partial charge in [0, 0.05) is 23.6 Å². The standard InChI is InChI=1S/C20H17ClN4OS2/c1-25-16-8-7-14(21)11-15(16)23-20(25)28-12-17(26)24-18(19-22-9-10-27-19)13-5-3-2-4-6-13/h2-11,18H,12H2,1H3,(H,24,26). The van der Waals surface area contributed by atoms with Crippen LogP contribution in [0, 0.1) is 0 Å². The number of aromatic nitrogens is 3. The summed E-state index contributed by atoms with van der Waals surface area (Å²) in [6.07, 6.45) is 1.75. The highest BCUT2D eigenvalue weighted by molar-refractivity contribution is 7.99. The molecular formula is C20H17ClN4OS2. The molecule has 4 rings (SSSR count). The Labute approximate surface area is 175 Å². The van der Waals surface area contributed by atoms with Crippen LogP contribution in [0.3, 0.4) is 0 Å². The topological polar surface area (TPSA) is 59.8 Å². The van der Waals surface area contributed by atoms with Gasteiger partial charge in [-0.2, -0.15) is 0 Å². The number of aryl methyl sites for hydroxylation is 1. The fourth-order valence-electron chi connectivity index (χ4n) is 2.92. The Morgan fingerprint density at radius 3 is 2.86 bits per heavy atom. The lowest BCUT2D eigenvalue weighted by Gasteiger charge is -2.17. The van der Waals surface area contributed by atoms with Crippen LogP contribution in [-0.2, 0) is 11.8 Å². The van der Waals surface area contributed by atoms with Gasteiger partial charge in [-0.25, -0.2) is 9.97 Å². The van der Waals surface area contributed by atoms with Crippen LogP contribution in [-0.4, -0.2) is 26.2 Å². The van der Waals surface area contributed by atoms with E-state index in [2.05, 4.69) is 15.3 Å². The zero-order valence-electron chi connectivity index (χ0n) is 15.0. The van der Waals surface area contributed by atoms with E-state index in [1.54, 1.807) is 6.20 Å². The molecule has 2 aromatic carbocycles. The quantitative estimate of drug-likeness (QED) is 0.453. The van der Waals surface area contributed by atoms with E-state index in [0.29, 0.717) is 5.02 Å². The third-order valence-corrected chi connectivity index (χ3v) is 6.38. The number of halogens is 1. The van der Waals surface area contributed by atoms with Crippen molar-refractivity contribution in [2.75, 3.05) is 5.75 Å². The molecule has 4 aromatic rings. The number of thioether (sulfide) groups is 1. The number of thiazole rings is 1. The average Bonchev–Trinajstić information content (AvgIpc) is 3.33. The number of benzene rings is 2. The second kappa shape index (κ2) is 8.34. The van der Waals surface area contributed by atoms with E-state index in [4.69, 9.17) is 11.6 Å². The van der Waals surface area contributed by atoms with E-state index in [-0.39, 0.29) is 17.7 Å². The molecule has 142 valence electrons. The molecule has 2 heterocycles. The molecule has 1 N–H and O–H groups in total. The largest absolute Gasteiger partial charge is 0.342 e. The molecule has 0 saturated carbocycles. The summed E-state index contributed by atoms with van der Waals surface area (Å²) in [6.45, 7) is 0. The SMILES string of the molecule is Cn1c(SCC(=O)NC(c2ccccc2)c2nccs2)nc2cc(Cl)ccc21. The summed E-state index contributed by atoms with van der Waals surface area (Å²) in [5.41, 5.74) is 2.81. The van der Waals surface area contributed by atoms with E-state index in [9.17, 15) is 4.79 Å². The number of amides is 1. The van der Waals surface area contributed by atoms with Crippen LogP contribution in [0.15, 0.2) is 65.3 Å². The van der Waals surface area contributed by atoms with Gasteiger partial charge >= 0.3 is 0 Å². The Morgan fingerprint density at radius 2 is 2.11 bits per heavy atom. The highest BCUT2D eigenvalue weighted by Crippen LogP contribution is 2.26. The van der Waals surface area contributed by atoms with Gasteiger partial charge in [0.15, 0.2) is 5.16 Å². The molecule has 28 heavy (non-hydrogen) atoms. The van der Waals surface area contributed by atoms with E-state index >= 15 is 0 Å². The van der Waals surface area contributed by atoms with Crippen molar-refractivity contribution >= 4 is 51.6 Å². The maximum Gasteiger partial charge on any atom is 0.231 e. The molecular weight excluding hydrogens is 412 g/mol. The van der Waals surface area contributed by atoms with Crippen LogP contribution < -0.4 is 5.32 Å². The fraction of sp³-hybridized carbons (Fsp3) is 0.150. The number of hydrogen-bond donors (Lipinski definition) is 1. The Kier molecular flexibility index (Phi) is 5.66. The predicted molar refractivity (Wildman–Crippen MR) is 115 cm³/mol. The van der Waals surface area contributed by atoms with Gasteiger partial charge in [-0.05, 0) is 23.8 Å². The van der Waals surface area contributed by atoms with Crippen molar-refractivity contribution in [3.05, 3.63) is 75.7 Å². The molecule has 0 radical (unpaired) electrons. The van der Waals surface area contributed by atoms with Crippen molar-refractivity contribution in [1.82, 2.24) is 19.9 Å². The van der Waals surface area contributed by atoms with Crippen LogP contribution in [0.4, 0.5) is 0 Å². The summed E-state index contributed by atoms with van der Waals surface area (Å²) in [7, 11) is 1.94. The van der Waals surface area contributed by atoms with E-state index in [1.165, 1.54) is 23.1 Å². The maximum absolute atomic E-state index is 12.7. The van der Waals surface area contributed by atoms with E-state index < -0.39 is 0 Å². The summed E-state index contributed by atoms with van der Waals surface area (Å²) >= 11 is 8.98. The minimum Gasteiger partial charge on any atom is -0.342 e. The first-order chi connectivity index (χ1) is 13.6. The van der Waals surface area contributed by atoms with Crippen LogP contribution >= 0.6 is 34.7 Å². The Hall–Kier alpha value is -2.35. The maximum atomic E-state index is 12.7. The first-order valence-corrected chi connectivity index (χ1v) is 10.8. The zero-order chi connectivity index (χ0) is 19.5. The van der Waals surface area contributed by atoms with Gasteiger partial charge in [-0.3, -0.25) is 4.79 Å². The molecule has 8 heteroatoms. The molecule has 1 atom stereocenters. The number of carbonyl (C=O) groups excluding carboxylic acids is 1. The third kappa shape index (κ3) is 4.06. The second-order valence-corrected chi connectivity index (χ2v) is 8.46. The molecule has 1 amide bonds. The predicted octanol–water partition coefficient (Wildman–Crippen LogP) is 4.68. The Bertz CT molecular complexity index is 1100. The number of rotatable bonds is 6. The third-order valence-electron chi connectivity index (χ3n) is 4.27. The van der Waals surface area contributed by atoms with Gasteiger partial charge in [-0.15, -0.1) is 11.3 Å². The van der Waals surface area contributed by atoms with E-state index in [1.807, 2.05) is 65.5 Å². The van der Waals surface area contributed by atoms with E-state index in [0.717, 1.165) is 26.8 Å². The lowest BCUT2D eigenvalue weighted by Crippen LogP contribution is -2.30. The monoisotopic (exact) mass is 428 g/mol. The first kappa shape index (κ1) is 19.0. The molecule has 0 saturated heterocycles. The summed E-state index contributed by atoms with van der Waals surface area (Å²) in [5, 5.41) is 7.30. The van der Waals surface area contributed by atoms with Gasteiger partial charge in [0.05, 0.1) is 16.8 Å². The molecule has 0 aliphatic carbocycles. The van der Waals surface area contributed by atoms with Gasteiger partial charge < -0.3 is 9.88 Å². The lowest BCUT2D eigenvalue weighted by molar-refractivity contribution is -0.119. The number of nitrogens with zero attached hydrogens (tertiary/aromatic N) is 3. The first-order valence-electron chi connectivity index (χ1n) is 8.60. The van der Waals surface area contributed by atoms with Crippen LogP contribution in [0.1, 0.15) is 16.6 Å². The molecule has 0 aliphatic rings. The molecule has 2 aromatic heterocycles. The van der Waals surface area contributed by atoms with Gasteiger partial charge in [0.25, 0.3) is 0 Å². The zero-order valence-corrected chi connectivity index (χ0v) is 17.4. The summed E-state index contributed by atoms with van der Waals surface area (Å²) < 4.78 is 1.97. The summed E-state index contributed by atoms with van der Waals surface area (Å²) in [6, 6.07) is 15.2. The van der Waals surface area contributed by atoms with Crippen molar-refractivity contribution in [2.45, 2.75) is 11.2 Å². The summed E-state index contributed by atoms with van der Waals surface area (Å²) in [5.74, 6) is 0.193. The van der Waals surface area contributed by atoms with Gasteiger partial charge in [-0.1, -0.05) is 53.7 Å². The van der Waals surface area contributed by atoms with Crippen LogP contribution in [0.5, 0.6) is 0 Å². The molecule has 0 spiro atoms. The van der Waals surface area contributed by atoms with Crippen molar-refractivity contribution in [3.63, 3.8) is 0 Å². The number of carbonyl (C=O) groups is 1. The van der Waals surface area contributed by atoms with Crippen LogP contribution in [0.25, 0.3) is 11.0 Å². The average molecular weight is 429 g/mol.